The van der Waals surface area contributed by atoms with Gasteiger partial charge in [0.05, 0.1) is 28.4 Å². The lowest BCUT2D eigenvalue weighted by atomic mass is 9.90. The van der Waals surface area contributed by atoms with Crippen molar-refractivity contribution in [3.63, 3.8) is 0 Å². The molecular weight excluding hydrogens is 753 g/mol. The molecule has 0 aliphatic carbocycles. The zero-order chi connectivity index (χ0) is 39.8. The first-order valence-corrected chi connectivity index (χ1v) is 19.4. The number of benzene rings is 2. The Morgan fingerprint density at radius 3 is 2.41 bits per heavy atom. The second-order valence-electron chi connectivity index (χ2n) is 13.7. The third-order valence-corrected chi connectivity index (χ3v) is 10.5. The third-order valence-electron chi connectivity index (χ3n) is 9.55. The minimum atomic E-state index is -0.485. The fourth-order valence-electron chi connectivity index (χ4n) is 6.60. The Hall–Kier alpha value is -3.89. The number of carbonyl (C=O) groups is 4. The number of rotatable bonds is 14. The van der Waals surface area contributed by atoms with E-state index >= 15 is 0 Å². The molecule has 2 heterocycles. The Bertz CT molecular complexity index is 1660. The van der Waals surface area contributed by atoms with Crippen molar-refractivity contribution in [2.45, 2.75) is 71.3 Å². The van der Waals surface area contributed by atoms with Crippen LogP contribution in [0.2, 0.25) is 15.1 Å². The average molecular weight is 805 g/mol. The molecule has 4 amide bonds. The van der Waals surface area contributed by atoms with Crippen molar-refractivity contribution >= 4 is 64.1 Å². The first-order valence-electron chi connectivity index (χ1n) is 18.3. The molecule has 2 saturated heterocycles. The summed E-state index contributed by atoms with van der Waals surface area (Å²) in [7, 11) is 3.27. The monoisotopic (exact) mass is 803 g/mol. The molecule has 2 atom stereocenters. The summed E-state index contributed by atoms with van der Waals surface area (Å²) >= 11 is 18.3. The third kappa shape index (κ3) is 13.8. The van der Waals surface area contributed by atoms with Crippen LogP contribution >= 0.6 is 34.8 Å². The van der Waals surface area contributed by atoms with Gasteiger partial charge in [0.15, 0.2) is 6.61 Å². The zero-order valence-electron chi connectivity index (χ0n) is 31.8. The molecule has 2 aromatic carbocycles. The summed E-state index contributed by atoms with van der Waals surface area (Å²) < 4.78 is 0. The van der Waals surface area contributed by atoms with Crippen LogP contribution in [-0.2, 0) is 19.2 Å². The molecule has 12 nitrogen and oxygen atoms in total. The smallest absolute Gasteiger partial charge is 0.261 e. The summed E-state index contributed by atoms with van der Waals surface area (Å²) in [6, 6.07) is 12.5. The number of carbonyl (C=O) groups excluding carboxylic acids is 4. The SMILES string of the molecule is CCCN1CCC(N2CCCC(CC(=O)NC)C2=O)CC1.Cc1cc(Cl)cc(C(=O)N(C)C/C(=N/OCC(=O)NCC#N)C(C)c2ccc(Cl)c(Cl)c2)c1. The van der Waals surface area contributed by atoms with Crippen LogP contribution in [0.15, 0.2) is 41.6 Å². The quantitative estimate of drug-likeness (QED) is 0.134. The van der Waals surface area contributed by atoms with Gasteiger partial charge in [0, 0.05) is 68.6 Å². The van der Waals surface area contributed by atoms with Gasteiger partial charge in [0.1, 0.15) is 6.54 Å². The number of piperidine rings is 2. The zero-order valence-corrected chi connectivity index (χ0v) is 34.1. The van der Waals surface area contributed by atoms with E-state index in [-0.39, 0.29) is 49.3 Å². The van der Waals surface area contributed by atoms with E-state index in [0.717, 1.165) is 56.4 Å². The minimum Gasteiger partial charge on any atom is -0.386 e. The van der Waals surface area contributed by atoms with Crippen LogP contribution in [0.4, 0.5) is 0 Å². The average Bonchev–Trinajstić information content (AvgIpc) is 3.15. The van der Waals surface area contributed by atoms with Crippen molar-refractivity contribution in [2.75, 3.05) is 60.0 Å². The predicted octanol–water partition coefficient (Wildman–Crippen LogP) is 6.08. The molecule has 2 aliphatic heterocycles. The normalized spacial score (nSPS) is 17.1. The topological polar surface area (TPSA) is 147 Å². The molecule has 2 aliphatic rings. The van der Waals surface area contributed by atoms with Gasteiger partial charge in [-0.05, 0) is 87.0 Å². The van der Waals surface area contributed by atoms with E-state index in [1.165, 1.54) is 17.9 Å². The van der Waals surface area contributed by atoms with Gasteiger partial charge in [-0.25, -0.2) is 0 Å². The fraction of sp³-hybridized carbons (Fsp3) is 0.538. The van der Waals surface area contributed by atoms with Gasteiger partial charge in [-0.2, -0.15) is 5.26 Å². The number of oxime groups is 1. The van der Waals surface area contributed by atoms with Crippen molar-refractivity contribution in [3.05, 3.63) is 68.2 Å². The first-order chi connectivity index (χ1) is 25.8. The summed E-state index contributed by atoms with van der Waals surface area (Å²) in [6.07, 6.45) is 5.60. The van der Waals surface area contributed by atoms with Gasteiger partial charge in [-0.3, -0.25) is 19.2 Å². The lowest BCUT2D eigenvalue weighted by molar-refractivity contribution is -0.144. The number of halogens is 3. The molecule has 0 radical (unpaired) electrons. The van der Waals surface area contributed by atoms with Crippen LogP contribution < -0.4 is 10.6 Å². The number of hydrogen-bond acceptors (Lipinski definition) is 8. The van der Waals surface area contributed by atoms with Gasteiger partial charge in [-0.15, -0.1) is 0 Å². The predicted molar refractivity (Wildman–Crippen MR) is 213 cm³/mol. The van der Waals surface area contributed by atoms with E-state index in [0.29, 0.717) is 38.8 Å². The lowest BCUT2D eigenvalue weighted by Gasteiger charge is -2.42. The van der Waals surface area contributed by atoms with Crippen LogP contribution in [-0.4, -0.2) is 110 Å². The molecule has 4 rings (SSSR count). The Morgan fingerprint density at radius 1 is 1.06 bits per heavy atom. The summed E-state index contributed by atoms with van der Waals surface area (Å²) in [4.78, 5) is 60.1. The molecule has 15 heteroatoms. The standard InChI is InChI=1S/C23H23Cl3N4O3.C16H29N3O2/c1-14-8-17(10-18(24)9-14)23(32)30(3)12-21(29-33-13-22(31)28-7-6-27)15(2)16-4-5-19(25)20(26)11-16;1-3-8-18-10-6-14(7-11-18)19-9-4-5-13(16(19)21)12-15(20)17-2/h4-5,8-11,15H,7,12-13H2,1-3H3,(H,28,31);13-14H,3-12H2,1-2H3,(H,17,20)/b29-21-;. The molecule has 0 bridgehead atoms. The number of hydrogen-bond donors (Lipinski definition) is 2. The highest BCUT2D eigenvalue weighted by Gasteiger charge is 2.35. The summed E-state index contributed by atoms with van der Waals surface area (Å²) in [5.41, 5.74) is 2.60. The van der Waals surface area contributed by atoms with Crippen molar-refractivity contribution < 1.29 is 24.0 Å². The van der Waals surface area contributed by atoms with E-state index in [2.05, 4.69) is 32.5 Å². The largest absolute Gasteiger partial charge is 0.386 e. The highest BCUT2D eigenvalue weighted by Crippen LogP contribution is 2.29. The Balaban J connectivity index is 0.000000320. The maximum atomic E-state index is 13.0. The summed E-state index contributed by atoms with van der Waals surface area (Å²) in [5.74, 6) is -0.959. The molecule has 0 spiro atoms. The lowest BCUT2D eigenvalue weighted by Crippen LogP contribution is -2.52. The number of nitrogens with zero attached hydrogens (tertiary/aromatic N) is 5. The van der Waals surface area contributed by atoms with Crippen molar-refractivity contribution in [2.24, 2.45) is 11.1 Å². The number of nitriles is 1. The van der Waals surface area contributed by atoms with Crippen LogP contribution in [0.3, 0.4) is 0 Å². The molecule has 2 aromatic rings. The van der Waals surface area contributed by atoms with Crippen LogP contribution in [0, 0.1) is 24.2 Å². The Morgan fingerprint density at radius 2 is 1.78 bits per heavy atom. The number of aryl methyl sites for hydroxylation is 1. The van der Waals surface area contributed by atoms with Crippen LogP contribution in [0.25, 0.3) is 0 Å². The second kappa shape index (κ2) is 22.5. The van der Waals surface area contributed by atoms with Gasteiger partial charge in [-0.1, -0.05) is 59.9 Å². The summed E-state index contributed by atoms with van der Waals surface area (Å²) in [5, 5.41) is 18.9. The second-order valence-corrected chi connectivity index (χ2v) is 14.9. The van der Waals surface area contributed by atoms with E-state index in [4.69, 9.17) is 44.9 Å². The number of amides is 4. The highest BCUT2D eigenvalue weighted by atomic mass is 35.5. The van der Waals surface area contributed by atoms with E-state index < -0.39 is 5.91 Å². The minimum absolute atomic E-state index is 0.0204. The van der Waals surface area contributed by atoms with Gasteiger partial charge >= 0.3 is 0 Å². The van der Waals surface area contributed by atoms with E-state index in [1.54, 1.807) is 50.5 Å². The molecule has 2 unspecified atom stereocenters. The van der Waals surface area contributed by atoms with Crippen LogP contribution in [0.5, 0.6) is 0 Å². The molecule has 294 valence electrons. The van der Waals surface area contributed by atoms with Crippen LogP contribution in [0.1, 0.15) is 79.8 Å². The Kier molecular flexibility index (Phi) is 18.5. The van der Waals surface area contributed by atoms with Crippen molar-refractivity contribution in [1.29, 1.82) is 5.26 Å². The molecular formula is C39H52Cl3N7O5. The molecule has 54 heavy (non-hydrogen) atoms. The fourth-order valence-corrected chi connectivity index (χ4v) is 7.20. The maximum absolute atomic E-state index is 13.0. The molecule has 0 saturated carbocycles. The van der Waals surface area contributed by atoms with Crippen molar-refractivity contribution in [3.8, 4) is 6.07 Å². The van der Waals surface area contributed by atoms with Gasteiger partial charge in [0.25, 0.3) is 11.8 Å². The maximum Gasteiger partial charge on any atom is 0.261 e. The van der Waals surface area contributed by atoms with Gasteiger partial charge < -0.3 is 30.2 Å². The Labute approximate surface area is 334 Å². The number of nitrogens with one attached hydrogen (secondary N) is 2. The highest BCUT2D eigenvalue weighted by molar-refractivity contribution is 6.42. The van der Waals surface area contributed by atoms with Crippen molar-refractivity contribution in [1.82, 2.24) is 25.3 Å². The summed E-state index contributed by atoms with van der Waals surface area (Å²) in [6.45, 7) is 9.80. The van der Waals surface area contributed by atoms with Gasteiger partial charge in [0.2, 0.25) is 11.8 Å². The molecule has 0 aromatic heterocycles. The molecule has 2 fully saturated rings. The molecule has 2 N–H and O–H groups in total. The number of likely N-dealkylation sites (tertiary alicyclic amines) is 2. The van der Waals surface area contributed by atoms with E-state index in [1.807, 2.05) is 19.9 Å². The van der Waals surface area contributed by atoms with E-state index in [9.17, 15) is 19.2 Å². The first kappa shape index (κ1) is 44.5.